The lowest BCUT2D eigenvalue weighted by molar-refractivity contribution is 0.0940. The molecule has 0 saturated carbocycles. The van der Waals surface area contributed by atoms with Crippen LogP contribution in [0.15, 0.2) is 48.7 Å². The molecule has 6 nitrogen and oxygen atoms in total. The summed E-state index contributed by atoms with van der Waals surface area (Å²) in [4.78, 5) is 20.4. The number of aromatic nitrogens is 4. The largest absolute Gasteiger partial charge is 0.344 e. The Kier molecular flexibility index (Phi) is 4.09. The smallest absolute Gasteiger partial charge is 0.291 e. The fraction of sp³-hybridized carbons (Fsp3) is 0.125. The number of halogens is 1. The number of benzene rings is 1. The number of aryl methyl sites for hydroxylation is 1. The first-order valence-electron chi connectivity index (χ1n) is 7.01. The fourth-order valence-electron chi connectivity index (χ4n) is 2.07. The molecule has 7 heteroatoms. The van der Waals surface area contributed by atoms with Crippen LogP contribution in [0.25, 0.3) is 5.69 Å². The second-order valence-electron chi connectivity index (χ2n) is 4.87. The van der Waals surface area contributed by atoms with E-state index in [0.717, 1.165) is 5.69 Å². The number of carbonyl (C=O) groups excluding carboxylic acids is 1. The number of hydrogen-bond acceptors (Lipinski definition) is 4. The molecule has 3 rings (SSSR count). The van der Waals surface area contributed by atoms with E-state index in [4.69, 9.17) is 0 Å². The minimum Gasteiger partial charge on any atom is -0.344 e. The molecule has 3 aromatic rings. The molecular formula is C16H14FN5O. The van der Waals surface area contributed by atoms with E-state index in [-0.39, 0.29) is 17.5 Å². The van der Waals surface area contributed by atoms with E-state index in [1.54, 1.807) is 31.3 Å². The minimum atomic E-state index is -0.389. The van der Waals surface area contributed by atoms with Crippen LogP contribution in [0.3, 0.4) is 0 Å². The van der Waals surface area contributed by atoms with E-state index in [2.05, 4.69) is 20.4 Å². The van der Waals surface area contributed by atoms with E-state index in [1.165, 1.54) is 16.8 Å². The number of amides is 1. The maximum atomic E-state index is 13.0. The normalized spacial score (nSPS) is 10.5. The van der Waals surface area contributed by atoms with Crippen LogP contribution in [-0.2, 0) is 6.54 Å². The highest BCUT2D eigenvalue weighted by atomic mass is 19.1. The Labute approximate surface area is 132 Å². The number of nitrogens with zero attached hydrogens (tertiary/aromatic N) is 4. The van der Waals surface area contributed by atoms with Gasteiger partial charge in [-0.3, -0.25) is 9.78 Å². The van der Waals surface area contributed by atoms with Crippen molar-refractivity contribution in [2.24, 2.45) is 0 Å². The topological polar surface area (TPSA) is 72.7 Å². The van der Waals surface area contributed by atoms with Crippen LogP contribution in [0.4, 0.5) is 4.39 Å². The van der Waals surface area contributed by atoms with Gasteiger partial charge in [-0.25, -0.2) is 14.1 Å². The summed E-state index contributed by atoms with van der Waals surface area (Å²) in [5.41, 5.74) is 1.38. The summed E-state index contributed by atoms with van der Waals surface area (Å²) < 4.78 is 14.5. The zero-order chi connectivity index (χ0) is 16.2. The van der Waals surface area contributed by atoms with E-state index >= 15 is 0 Å². The molecule has 0 bridgehead atoms. The molecule has 0 fully saturated rings. The molecule has 1 aromatic carbocycles. The van der Waals surface area contributed by atoms with Crippen LogP contribution < -0.4 is 5.32 Å². The van der Waals surface area contributed by atoms with Crippen molar-refractivity contribution in [1.29, 1.82) is 0 Å². The average Bonchev–Trinajstić information content (AvgIpc) is 2.96. The Balaban J connectivity index is 1.75. The zero-order valence-corrected chi connectivity index (χ0v) is 12.4. The Bertz CT molecular complexity index is 814. The molecule has 0 radical (unpaired) electrons. The van der Waals surface area contributed by atoms with Gasteiger partial charge in [-0.2, -0.15) is 0 Å². The molecule has 23 heavy (non-hydrogen) atoms. The molecule has 2 aromatic heterocycles. The van der Waals surface area contributed by atoms with Gasteiger partial charge in [0.15, 0.2) is 0 Å². The molecule has 0 aliphatic carbocycles. The molecule has 0 spiro atoms. The van der Waals surface area contributed by atoms with Gasteiger partial charge in [-0.05, 0) is 43.3 Å². The second kappa shape index (κ2) is 6.35. The van der Waals surface area contributed by atoms with Gasteiger partial charge < -0.3 is 5.32 Å². The molecule has 0 atom stereocenters. The molecule has 116 valence electrons. The molecule has 1 N–H and O–H groups in total. The molecule has 1 amide bonds. The van der Waals surface area contributed by atoms with Crippen molar-refractivity contribution >= 4 is 5.91 Å². The monoisotopic (exact) mass is 311 g/mol. The molecule has 2 heterocycles. The van der Waals surface area contributed by atoms with Crippen molar-refractivity contribution in [1.82, 2.24) is 25.1 Å². The average molecular weight is 311 g/mol. The predicted octanol–water partition coefficient (Wildman–Crippen LogP) is 2.04. The summed E-state index contributed by atoms with van der Waals surface area (Å²) in [5.74, 6) is -0.123. The Morgan fingerprint density at radius 3 is 2.70 bits per heavy atom. The maximum absolute atomic E-state index is 13.0. The molecular weight excluding hydrogens is 297 g/mol. The van der Waals surface area contributed by atoms with Crippen LogP contribution in [0.2, 0.25) is 0 Å². The van der Waals surface area contributed by atoms with Crippen LogP contribution in [0, 0.1) is 12.7 Å². The quantitative estimate of drug-likeness (QED) is 0.800. The number of nitrogens with one attached hydrogen (secondary N) is 1. The van der Waals surface area contributed by atoms with Crippen molar-refractivity contribution in [3.63, 3.8) is 0 Å². The molecule has 0 saturated heterocycles. The Morgan fingerprint density at radius 2 is 2.00 bits per heavy atom. The summed E-state index contributed by atoms with van der Waals surface area (Å²) >= 11 is 0. The summed E-state index contributed by atoms with van der Waals surface area (Å²) in [5, 5.41) is 6.89. The maximum Gasteiger partial charge on any atom is 0.291 e. The van der Waals surface area contributed by atoms with Crippen molar-refractivity contribution < 1.29 is 9.18 Å². The van der Waals surface area contributed by atoms with E-state index in [1.807, 2.05) is 12.1 Å². The van der Waals surface area contributed by atoms with Gasteiger partial charge in [0, 0.05) is 6.20 Å². The van der Waals surface area contributed by atoms with Gasteiger partial charge >= 0.3 is 0 Å². The van der Waals surface area contributed by atoms with Gasteiger partial charge in [0.25, 0.3) is 5.91 Å². The van der Waals surface area contributed by atoms with Crippen LogP contribution in [0.5, 0.6) is 0 Å². The predicted molar refractivity (Wildman–Crippen MR) is 81.5 cm³/mol. The van der Waals surface area contributed by atoms with E-state index in [0.29, 0.717) is 18.1 Å². The first-order valence-corrected chi connectivity index (χ1v) is 7.01. The Hall–Kier alpha value is -3.09. The highest BCUT2D eigenvalue weighted by Gasteiger charge is 2.15. The summed E-state index contributed by atoms with van der Waals surface area (Å²) in [6, 6.07) is 11.3. The van der Waals surface area contributed by atoms with Gasteiger partial charge in [-0.15, -0.1) is 5.10 Å². The van der Waals surface area contributed by atoms with Crippen molar-refractivity contribution in [3.8, 4) is 5.69 Å². The molecule has 0 aliphatic rings. The summed E-state index contributed by atoms with van der Waals surface area (Å²) in [6.45, 7) is 2.02. The van der Waals surface area contributed by atoms with Crippen LogP contribution >= 0.6 is 0 Å². The minimum absolute atomic E-state index is 0.0581. The third-order valence-corrected chi connectivity index (χ3v) is 3.20. The standard InChI is InChI=1S/C16H14FN5O/c1-11-20-15(16(23)19-10-13-4-2-3-9-18-13)21-22(11)14-7-5-12(17)6-8-14/h2-9H,10H2,1H3,(H,19,23). The number of carbonyl (C=O) groups is 1. The van der Waals surface area contributed by atoms with Crippen LogP contribution in [0.1, 0.15) is 22.1 Å². The van der Waals surface area contributed by atoms with Crippen molar-refractivity contribution in [3.05, 3.63) is 71.8 Å². The zero-order valence-electron chi connectivity index (χ0n) is 12.4. The fourth-order valence-corrected chi connectivity index (χ4v) is 2.07. The third kappa shape index (κ3) is 3.39. The first kappa shape index (κ1) is 14.8. The van der Waals surface area contributed by atoms with Gasteiger partial charge in [-0.1, -0.05) is 6.07 Å². The highest BCUT2D eigenvalue weighted by molar-refractivity contribution is 5.90. The van der Waals surface area contributed by atoms with Crippen molar-refractivity contribution in [2.45, 2.75) is 13.5 Å². The molecule has 0 aliphatic heterocycles. The van der Waals surface area contributed by atoms with Crippen molar-refractivity contribution in [2.75, 3.05) is 0 Å². The van der Waals surface area contributed by atoms with Crippen LogP contribution in [-0.4, -0.2) is 25.7 Å². The van der Waals surface area contributed by atoms with Gasteiger partial charge in [0.1, 0.15) is 11.6 Å². The Morgan fingerprint density at radius 1 is 1.22 bits per heavy atom. The lowest BCUT2D eigenvalue weighted by atomic mass is 10.3. The SMILES string of the molecule is Cc1nc(C(=O)NCc2ccccn2)nn1-c1ccc(F)cc1. The number of pyridine rings is 1. The third-order valence-electron chi connectivity index (χ3n) is 3.20. The lowest BCUT2D eigenvalue weighted by Crippen LogP contribution is -2.24. The lowest BCUT2D eigenvalue weighted by Gasteiger charge is -2.02. The van der Waals surface area contributed by atoms with E-state index in [9.17, 15) is 9.18 Å². The van der Waals surface area contributed by atoms with Gasteiger partial charge in [0.2, 0.25) is 5.82 Å². The van der Waals surface area contributed by atoms with Gasteiger partial charge in [0.05, 0.1) is 17.9 Å². The summed E-state index contributed by atoms with van der Waals surface area (Å²) in [6.07, 6.45) is 1.66. The highest BCUT2D eigenvalue weighted by Crippen LogP contribution is 2.10. The molecule has 0 unspecified atom stereocenters. The number of hydrogen-bond donors (Lipinski definition) is 1. The first-order chi connectivity index (χ1) is 11.1. The van der Waals surface area contributed by atoms with E-state index < -0.39 is 0 Å². The summed E-state index contributed by atoms with van der Waals surface area (Å²) in [7, 11) is 0. The number of rotatable bonds is 4. The second-order valence-corrected chi connectivity index (χ2v) is 4.87.